The number of benzene rings is 2. The minimum absolute atomic E-state index is 0.0394. The summed E-state index contributed by atoms with van der Waals surface area (Å²) in [6.45, 7) is 3.55. The van der Waals surface area contributed by atoms with Crippen LogP contribution in [0, 0.1) is 5.92 Å². The molecule has 0 fully saturated rings. The first-order valence-corrected chi connectivity index (χ1v) is 10.6. The maximum atomic E-state index is 12.4. The average Bonchev–Trinajstić information content (AvgIpc) is 2.71. The molecule has 30 heavy (non-hydrogen) atoms. The van der Waals surface area contributed by atoms with Gasteiger partial charge in [0.05, 0.1) is 10.5 Å². The number of carbonyl (C=O) groups is 3. The van der Waals surface area contributed by atoms with Crippen molar-refractivity contribution in [2.45, 2.75) is 18.7 Å². The number of carbonyl (C=O) groups excluding carboxylic acids is 3. The maximum Gasteiger partial charge on any atom is 0.338 e. The molecule has 0 saturated heterocycles. The van der Waals surface area contributed by atoms with Crippen molar-refractivity contribution < 1.29 is 27.5 Å². The SMILES string of the molecule is CC(C)CNC(=O)NC(=O)COC(=O)c1ccc(S(=O)(=O)Nc2ccccc2)cc1. The van der Waals surface area contributed by atoms with Crippen LogP contribution >= 0.6 is 0 Å². The van der Waals surface area contributed by atoms with E-state index >= 15 is 0 Å². The van der Waals surface area contributed by atoms with E-state index < -0.39 is 34.5 Å². The number of para-hydroxylation sites is 1. The number of urea groups is 1. The van der Waals surface area contributed by atoms with Crippen molar-refractivity contribution in [2.75, 3.05) is 17.9 Å². The molecule has 0 unspecified atom stereocenters. The fourth-order valence-corrected chi connectivity index (χ4v) is 3.27. The highest BCUT2D eigenvalue weighted by Gasteiger charge is 2.17. The van der Waals surface area contributed by atoms with Gasteiger partial charge in [0.15, 0.2) is 6.61 Å². The number of sulfonamides is 1. The molecule has 0 heterocycles. The number of amides is 3. The average molecular weight is 433 g/mol. The highest BCUT2D eigenvalue weighted by Crippen LogP contribution is 2.16. The van der Waals surface area contributed by atoms with Crippen LogP contribution in [-0.2, 0) is 19.6 Å². The minimum atomic E-state index is -3.82. The van der Waals surface area contributed by atoms with E-state index in [2.05, 4.69) is 10.0 Å². The zero-order chi connectivity index (χ0) is 22.1. The number of ether oxygens (including phenoxy) is 1. The zero-order valence-corrected chi connectivity index (χ0v) is 17.4. The van der Waals surface area contributed by atoms with E-state index in [-0.39, 0.29) is 16.4 Å². The molecule has 10 heteroatoms. The van der Waals surface area contributed by atoms with E-state index in [0.717, 1.165) is 0 Å². The summed E-state index contributed by atoms with van der Waals surface area (Å²) in [5, 5.41) is 4.54. The molecule has 0 aromatic heterocycles. The summed E-state index contributed by atoms with van der Waals surface area (Å²) in [6.07, 6.45) is 0. The highest BCUT2D eigenvalue weighted by atomic mass is 32.2. The van der Waals surface area contributed by atoms with Crippen LogP contribution in [0.2, 0.25) is 0 Å². The Bertz CT molecular complexity index is 989. The first-order valence-electron chi connectivity index (χ1n) is 9.10. The van der Waals surface area contributed by atoms with Crippen molar-refractivity contribution in [3.05, 3.63) is 60.2 Å². The fraction of sp³-hybridized carbons (Fsp3) is 0.250. The van der Waals surface area contributed by atoms with Gasteiger partial charge in [0, 0.05) is 12.2 Å². The Balaban J connectivity index is 1.89. The smallest absolute Gasteiger partial charge is 0.338 e. The largest absolute Gasteiger partial charge is 0.452 e. The molecular formula is C20H23N3O6S. The molecule has 0 atom stereocenters. The van der Waals surface area contributed by atoms with Crippen molar-refractivity contribution in [3.63, 3.8) is 0 Å². The first-order chi connectivity index (χ1) is 14.2. The molecular weight excluding hydrogens is 410 g/mol. The number of nitrogens with one attached hydrogen (secondary N) is 3. The van der Waals surface area contributed by atoms with Crippen LogP contribution in [-0.4, -0.2) is 39.5 Å². The fourth-order valence-electron chi connectivity index (χ4n) is 2.21. The number of anilines is 1. The summed E-state index contributed by atoms with van der Waals surface area (Å²) < 4.78 is 32.0. The third-order valence-electron chi connectivity index (χ3n) is 3.68. The summed E-state index contributed by atoms with van der Waals surface area (Å²) in [5.74, 6) is -1.39. The lowest BCUT2D eigenvalue weighted by molar-refractivity contribution is -0.123. The van der Waals surface area contributed by atoms with Crippen LogP contribution in [0.4, 0.5) is 10.5 Å². The topological polar surface area (TPSA) is 131 Å². The van der Waals surface area contributed by atoms with Crippen LogP contribution in [0.25, 0.3) is 0 Å². The van der Waals surface area contributed by atoms with E-state index in [4.69, 9.17) is 4.74 Å². The van der Waals surface area contributed by atoms with Gasteiger partial charge >= 0.3 is 12.0 Å². The lowest BCUT2D eigenvalue weighted by Crippen LogP contribution is -2.42. The van der Waals surface area contributed by atoms with Crippen molar-refractivity contribution in [1.29, 1.82) is 0 Å². The Kier molecular flexibility index (Phi) is 7.93. The van der Waals surface area contributed by atoms with Gasteiger partial charge < -0.3 is 10.1 Å². The second kappa shape index (κ2) is 10.4. The molecule has 9 nitrogen and oxygen atoms in total. The van der Waals surface area contributed by atoms with E-state index in [9.17, 15) is 22.8 Å². The molecule has 0 aliphatic carbocycles. The number of esters is 1. The van der Waals surface area contributed by atoms with Gasteiger partial charge in [0.1, 0.15) is 0 Å². The van der Waals surface area contributed by atoms with Gasteiger partial charge in [-0.15, -0.1) is 0 Å². The minimum Gasteiger partial charge on any atom is -0.452 e. The zero-order valence-electron chi connectivity index (χ0n) is 16.5. The standard InChI is InChI=1S/C20H23N3O6S/c1-14(2)12-21-20(26)22-18(24)13-29-19(25)15-8-10-17(11-9-15)30(27,28)23-16-6-4-3-5-7-16/h3-11,14,23H,12-13H2,1-2H3,(H2,21,22,24,26). The molecule has 0 bridgehead atoms. The Labute approximate surface area is 174 Å². The summed E-state index contributed by atoms with van der Waals surface area (Å²) in [6, 6.07) is 12.7. The van der Waals surface area contributed by atoms with Gasteiger partial charge in [0.25, 0.3) is 15.9 Å². The molecule has 3 amide bonds. The maximum absolute atomic E-state index is 12.4. The van der Waals surface area contributed by atoms with Gasteiger partial charge in [0.2, 0.25) is 0 Å². The predicted octanol–water partition coefficient (Wildman–Crippen LogP) is 2.13. The molecule has 160 valence electrons. The van der Waals surface area contributed by atoms with E-state index in [1.54, 1.807) is 30.3 Å². The predicted molar refractivity (Wildman–Crippen MR) is 110 cm³/mol. The van der Waals surface area contributed by atoms with Crippen LogP contribution in [0.3, 0.4) is 0 Å². The van der Waals surface area contributed by atoms with E-state index in [1.165, 1.54) is 24.3 Å². The number of imide groups is 1. The number of rotatable bonds is 8. The van der Waals surface area contributed by atoms with E-state index in [1.807, 2.05) is 19.2 Å². The van der Waals surface area contributed by atoms with Gasteiger partial charge in [-0.3, -0.25) is 14.8 Å². The molecule has 0 aliphatic heterocycles. The Morgan fingerprint density at radius 2 is 1.60 bits per heavy atom. The summed E-state index contributed by atoms with van der Waals surface area (Å²) in [5.41, 5.74) is 0.468. The van der Waals surface area contributed by atoms with Crippen LogP contribution in [0.15, 0.2) is 59.5 Å². The summed E-state index contributed by atoms with van der Waals surface area (Å²) in [4.78, 5) is 35.1. The number of hydrogen-bond donors (Lipinski definition) is 3. The molecule has 2 rings (SSSR count). The van der Waals surface area contributed by atoms with Crippen LogP contribution in [0.1, 0.15) is 24.2 Å². The quantitative estimate of drug-likeness (QED) is 0.547. The normalized spacial score (nSPS) is 10.9. The Morgan fingerprint density at radius 3 is 2.20 bits per heavy atom. The molecule has 0 saturated carbocycles. The monoisotopic (exact) mass is 433 g/mol. The molecule has 0 spiro atoms. The third-order valence-corrected chi connectivity index (χ3v) is 5.08. The first kappa shape index (κ1) is 22.9. The second-order valence-corrected chi connectivity index (χ2v) is 8.41. The highest BCUT2D eigenvalue weighted by molar-refractivity contribution is 7.92. The van der Waals surface area contributed by atoms with E-state index in [0.29, 0.717) is 12.2 Å². The second-order valence-electron chi connectivity index (χ2n) is 6.72. The molecule has 3 N–H and O–H groups in total. The van der Waals surface area contributed by atoms with Crippen LogP contribution in [0.5, 0.6) is 0 Å². The molecule has 0 aliphatic rings. The van der Waals surface area contributed by atoms with Crippen molar-refractivity contribution in [3.8, 4) is 0 Å². The lowest BCUT2D eigenvalue weighted by Gasteiger charge is -2.10. The lowest BCUT2D eigenvalue weighted by atomic mass is 10.2. The number of hydrogen-bond acceptors (Lipinski definition) is 6. The van der Waals surface area contributed by atoms with Gasteiger partial charge in [-0.05, 0) is 42.3 Å². The van der Waals surface area contributed by atoms with Gasteiger partial charge in [-0.25, -0.2) is 18.0 Å². The van der Waals surface area contributed by atoms with Crippen molar-refractivity contribution in [2.24, 2.45) is 5.92 Å². The van der Waals surface area contributed by atoms with Crippen molar-refractivity contribution in [1.82, 2.24) is 10.6 Å². The Hall–Kier alpha value is -3.40. The Morgan fingerprint density at radius 1 is 0.967 bits per heavy atom. The summed E-state index contributed by atoms with van der Waals surface area (Å²) >= 11 is 0. The molecule has 2 aromatic rings. The van der Waals surface area contributed by atoms with Gasteiger partial charge in [-0.1, -0.05) is 32.0 Å². The van der Waals surface area contributed by atoms with Gasteiger partial charge in [-0.2, -0.15) is 0 Å². The van der Waals surface area contributed by atoms with Crippen LogP contribution < -0.4 is 15.4 Å². The summed E-state index contributed by atoms with van der Waals surface area (Å²) in [7, 11) is -3.82. The third kappa shape index (κ3) is 7.21. The van der Waals surface area contributed by atoms with Crippen molar-refractivity contribution >= 4 is 33.6 Å². The molecule has 0 radical (unpaired) electrons. The molecule has 2 aromatic carbocycles.